The Morgan fingerprint density at radius 1 is 1.33 bits per heavy atom. The fourth-order valence-corrected chi connectivity index (χ4v) is 1.03. The molecule has 0 aliphatic heterocycles. The lowest BCUT2D eigenvalue weighted by atomic mass is 10.2. The van der Waals surface area contributed by atoms with E-state index in [0.717, 1.165) is 24.8 Å². The lowest BCUT2D eigenvalue weighted by molar-refractivity contribution is 0.131. The number of benzene rings is 1. The van der Waals surface area contributed by atoms with E-state index in [1.807, 2.05) is 0 Å². The molecule has 81 valence electrons. The van der Waals surface area contributed by atoms with Crippen LogP contribution in [0.3, 0.4) is 0 Å². The highest BCUT2D eigenvalue weighted by Gasteiger charge is 1.92. The van der Waals surface area contributed by atoms with E-state index in [1.54, 1.807) is 12.1 Å². The molecule has 15 heavy (non-hydrogen) atoms. The molecular formula is C12H15FNO. The van der Waals surface area contributed by atoms with E-state index < -0.39 is 0 Å². The van der Waals surface area contributed by atoms with E-state index in [9.17, 15) is 4.39 Å². The summed E-state index contributed by atoms with van der Waals surface area (Å²) in [5, 5.41) is 3.68. The van der Waals surface area contributed by atoms with Crippen molar-refractivity contribution >= 4 is 6.21 Å². The van der Waals surface area contributed by atoms with Gasteiger partial charge in [-0.25, -0.2) is 4.39 Å². The molecule has 0 N–H and O–H groups in total. The van der Waals surface area contributed by atoms with Gasteiger partial charge in [-0.2, -0.15) is 0 Å². The maximum absolute atomic E-state index is 12.5. The molecule has 1 rings (SSSR count). The molecule has 0 aliphatic rings. The van der Waals surface area contributed by atoms with Crippen LogP contribution < -0.4 is 0 Å². The highest BCUT2D eigenvalue weighted by Crippen LogP contribution is 2.04. The number of hydrogen-bond acceptors (Lipinski definition) is 2. The van der Waals surface area contributed by atoms with Crippen LogP contribution in [0.15, 0.2) is 29.4 Å². The second-order valence-electron chi connectivity index (χ2n) is 3.25. The van der Waals surface area contributed by atoms with E-state index in [4.69, 9.17) is 4.84 Å². The first-order valence-corrected chi connectivity index (χ1v) is 5.12. The Labute approximate surface area is 89.7 Å². The largest absolute Gasteiger partial charge is 0.391 e. The highest BCUT2D eigenvalue weighted by atomic mass is 19.1. The van der Waals surface area contributed by atoms with Gasteiger partial charge in [0.25, 0.3) is 0 Å². The molecule has 0 unspecified atom stereocenters. The molecule has 0 aliphatic carbocycles. The molecule has 0 fully saturated rings. The summed E-state index contributed by atoms with van der Waals surface area (Å²) >= 11 is 0. The summed E-state index contributed by atoms with van der Waals surface area (Å²) in [6, 6.07) is 6.17. The molecule has 0 bridgehead atoms. The monoisotopic (exact) mass is 208 g/mol. The minimum Gasteiger partial charge on any atom is -0.391 e. The number of unbranched alkanes of at least 4 members (excludes halogenated alkanes) is 2. The lowest BCUT2D eigenvalue weighted by Crippen LogP contribution is -1.87. The number of halogens is 1. The van der Waals surface area contributed by atoms with E-state index >= 15 is 0 Å². The average Bonchev–Trinajstić information content (AvgIpc) is 2.26. The van der Waals surface area contributed by atoms with Crippen LogP contribution >= 0.6 is 0 Å². The van der Waals surface area contributed by atoms with Crippen molar-refractivity contribution in [2.45, 2.75) is 32.8 Å². The molecule has 0 aromatic heterocycles. The molecule has 1 radical (unpaired) electrons. The van der Waals surface area contributed by atoms with Crippen LogP contribution in [0.25, 0.3) is 0 Å². The first-order chi connectivity index (χ1) is 7.33. The van der Waals surface area contributed by atoms with Crippen LogP contribution in [0, 0.1) is 5.82 Å². The second-order valence-corrected chi connectivity index (χ2v) is 3.25. The molecule has 3 heteroatoms. The lowest BCUT2D eigenvalue weighted by Gasteiger charge is -1.98. The molecular weight excluding hydrogens is 193 g/mol. The Hall–Kier alpha value is -1.38. The van der Waals surface area contributed by atoms with Crippen molar-refractivity contribution in [2.24, 2.45) is 5.16 Å². The Kier molecular flexibility index (Phi) is 5.44. The van der Waals surface area contributed by atoms with Gasteiger partial charge in [0.1, 0.15) is 18.6 Å². The standard InChI is InChI=1S/C12H15FNO/c1-2-3-4-9-14-15-10-11-5-7-12(13)8-6-11/h5-8H,2-4,10H2,1H3. The summed E-state index contributed by atoms with van der Waals surface area (Å²) in [5.41, 5.74) is 0.900. The van der Waals surface area contributed by atoms with Crippen LogP contribution in [0.4, 0.5) is 4.39 Å². The van der Waals surface area contributed by atoms with Crippen LogP contribution in [0.2, 0.25) is 0 Å². The molecule has 0 atom stereocenters. The van der Waals surface area contributed by atoms with Crippen molar-refractivity contribution < 1.29 is 9.23 Å². The number of hydrogen-bond donors (Lipinski definition) is 0. The second kappa shape index (κ2) is 6.98. The Morgan fingerprint density at radius 3 is 2.73 bits per heavy atom. The minimum atomic E-state index is -0.239. The molecule has 0 amide bonds. The van der Waals surface area contributed by atoms with E-state index in [-0.39, 0.29) is 5.82 Å². The number of nitrogens with zero attached hydrogens (tertiary/aromatic N) is 1. The first kappa shape index (κ1) is 11.7. The maximum atomic E-state index is 12.5. The van der Waals surface area contributed by atoms with Crippen LogP contribution in [0.5, 0.6) is 0 Å². The fraction of sp³-hybridized carbons (Fsp3) is 0.417. The van der Waals surface area contributed by atoms with Gasteiger partial charge in [-0.3, -0.25) is 0 Å². The summed E-state index contributed by atoms with van der Waals surface area (Å²) in [6.45, 7) is 2.47. The van der Waals surface area contributed by atoms with Crippen molar-refractivity contribution in [1.29, 1.82) is 0 Å². The molecule has 0 heterocycles. The summed E-state index contributed by atoms with van der Waals surface area (Å²) in [5.74, 6) is -0.239. The van der Waals surface area contributed by atoms with Gasteiger partial charge in [-0.1, -0.05) is 30.6 Å². The van der Waals surface area contributed by atoms with E-state index in [0.29, 0.717) is 6.61 Å². The third-order valence-corrected chi connectivity index (χ3v) is 1.92. The third-order valence-electron chi connectivity index (χ3n) is 1.92. The van der Waals surface area contributed by atoms with E-state index in [2.05, 4.69) is 18.3 Å². The van der Waals surface area contributed by atoms with Gasteiger partial charge in [0.2, 0.25) is 0 Å². The van der Waals surface area contributed by atoms with Gasteiger partial charge in [-0.15, -0.1) is 0 Å². The highest BCUT2D eigenvalue weighted by molar-refractivity contribution is 5.56. The van der Waals surface area contributed by atoms with Crippen molar-refractivity contribution in [1.82, 2.24) is 0 Å². The molecule has 0 spiro atoms. The van der Waals surface area contributed by atoms with Crippen molar-refractivity contribution in [2.75, 3.05) is 0 Å². The topological polar surface area (TPSA) is 21.6 Å². The van der Waals surface area contributed by atoms with Crippen LogP contribution in [0.1, 0.15) is 31.7 Å². The summed E-state index contributed by atoms with van der Waals surface area (Å²) in [6.07, 6.45) is 5.81. The molecule has 1 aromatic rings. The summed E-state index contributed by atoms with van der Waals surface area (Å²) in [7, 11) is 0. The smallest absolute Gasteiger partial charge is 0.142 e. The van der Waals surface area contributed by atoms with Crippen molar-refractivity contribution in [3.05, 3.63) is 35.6 Å². The van der Waals surface area contributed by atoms with Crippen molar-refractivity contribution in [3.8, 4) is 0 Å². The predicted molar refractivity (Wildman–Crippen MR) is 58.1 cm³/mol. The minimum absolute atomic E-state index is 0.239. The zero-order chi connectivity index (χ0) is 10.9. The van der Waals surface area contributed by atoms with Gasteiger partial charge >= 0.3 is 0 Å². The van der Waals surface area contributed by atoms with Gasteiger partial charge in [0.05, 0.1) is 0 Å². The van der Waals surface area contributed by atoms with E-state index in [1.165, 1.54) is 12.1 Å². The summed E-state index contributed by atoms with van der Waals surface area (Å²) < 4.78 is 12.5. The van der Waals surface area contributed by atoms with Crippen molar-refractivity contribution in [3.63, 3.8) is 0 Å². The normalized spacial score (nSPS) is 10.8. The SMILES string of the molecule is CCCC/[C]=N/OCc1ccc(F)cc1. The predicted octanol–water partition coefficient (Wildman–Crippen LogP) is 3.40. The molecule has 2 nitrogen and oxygen atoms in total. The molecule has 0 saturated carbocycles. The zero-order valence-corrected chi connectivity index (χ0v) is 8.87. The first-order valence-electron chi connectivity index (χ1n) is 5.12. The van der Waals surface area contributed by atoms with Crippen LogP contribution in [-0.4, -0.2) is 6.21 Å². The quantitative estimate of drug-likeness (QED) is 0.399. The molecule has 1 aromatic carbocycles. The zero-order valence-electron chi connectivity index (χ0n) is 8.87. The maximum Gasteiger partial charge on any atom is 0.142 e. The number of rotatable bonds is 6. The fourth-order valence-electron chi connectivity index (χ4n) is 1.03. The van der Waals surface area contributed by atoms with Crippen LogP contribution in [-0.2, 0) is 11.4 Å². The summed E-state index contributed by atoms with van der Waals surface area (Å²) in [4.78, 5) is 5.00. The third kappa shape index (κ3) is 5.15. The molecule has 0 saturated heterocycles. The Balaban J connectivity index is 2.20. The Bertz CT molecular complexity index is 295. The van der Waals surface area contributed by atoms with Gasteiger partial charge in [0.15, 0.2) is 0 Å². The van der Waals surface area contributed by atoms with Gasteiger partial charge in [-0.05, 0) is 30.5 Å². The van der Waals surface area contributed by atoms with Gasteiger partial charge < -0.3 is 4.84 Å². The Morgan fingerprint density at radius 2 is 2.07 bits per heavy atom. The average molecular weight is 208 g/mol. The van der Waals surface area contributed by atoms with Gasteiger partial charge in [0, 0.05) is 0 Å².